The third kappa shape index (κ3) is 7.71. The van der Waals surface area contributed by atoms with E-state index in [1.165, 1.54) is 11.0 Å². The minimum Gasteiger partial charge on any atom is -0.444 e. The van der Waals surface area contributed by atoms with Gasteiger partial charge in [0, 0.05) is 70.4 Å². The summed E-state index contributed by atoms with van der Waals surface area (Å²) in [6, 6.07) is 10.1. The molecular formula is C34H43FN6O6S. The van der Waals surface area contributed by atoms with Gasteiger partial charge in [-0.1, -0.05) is 12.1 Å². The number of anilines is 1. The summed E-state index contributed by atoms with van der Waals surface area (Å²) in [4.78, 5) is 55.6. The van der Waals surface area contributed by atoms with Crippen molar-refractivity contribution in [1.29, 1.82) is 0 Å². The third-order valence-electron chi connectivity index (χ3n) is 9.22. The Kier molecular flexibility index (Phi) is 9.86. The van der Waals surface area contributed by atoms with Crippen LogP contribution >= 0.6 is 0 Å². The molecule has 0 saturated carbocycles. The van der Waals surface area contributed by atoms with E-state index in [4.69, 9.17) is 4.74 Å². The van der Waals surface area contributed by atoms with Gasteiger partial charge in [-0.15, -0.1) is 0 Å². The number of hydrogen-bond acceptors (Lipinski definition) is 8. The van der Waals surface area contributed by atoms with Gasteiger partial charge in [-0.25, -0.2) is 17.7 Å². The molecule has 14 heteroatoms. The van der Waals surface area contributed by atoms with Gasteiger partial charge in [-0.2, -0.15) is 0 Å². The lowest BCUT2D eigenvalue weighted by molar-refractivity contribution is -0.136. The number of ether oxygens (including phenoxy) is 1. The summed E-state index contributed by atoms with van der Waals surface area (Å²) in [5.74, 6) is -1.70. The van der Waals surface area contributed by atoms with Gasteiger partial charge in [0.25, 0.3) is 5.91 Å². The average molecular weight is 683 g/mol. The first-order chi connectivity index (χ1) is 22.8. The molecule has 3 saturated heterocycles. The second kappa shape index (κ2) is 13.9. The van der Waals surface area contributed by atoms with E-state index in [2.05, 4.69) is 15.5 Å². The lowest BCUT2D eigenvalue weighted by Crippen LogP contribution is -2.52. The Labute approximate surface area is 282 Å². The van der Waals surface area contributed by atoms with Crippen LogP contribution in [0.1, 0.15) is 67.9 Å². The van der Waals surface area contributed by atoms with E-state index in [9.17, 15) is 23.4 Å². The van der Waals surface area contributed by atoms with E-state index in [0.29, 0.717) is 69.9 Å². The fourth-order valence-corrected chi connectivity index (χ4v) is 8.05. The summed E-state index contributed by atoms with van der Waals surface area (Å²) in [6.07, 6.45) is 1.37. The van der Waals surface area contributed by atoms with Gasteiger partial charge in [-0.3, -0.25) is 24.6 Å². The highest BCUT2D eigenvalue weighted by Gasteiger charge is 2.40. The Morgan fingerprint density at radius 2 is 1.75 bits per heavy atom. The molecule has 6 rings (SSSR count). The molecule has 0 spiro atoms. The van der Waals surface area contributed by atoms with Gasteiger partial charge in [0.1, 0.15) is 28.4 Å². The van der Waals surface area contributed by atoms with Crippen LogP contribution in [-0.2, 0) is 38.4 Å². The van der Waals surface area contributed by atoms with Crippen LogP contribution in [0.2, 0.25) is 0 Å². The normalized spacial score (nSPS) is 22.0. The van der Waals surface area contributed by atoms with Crippen LogP contribution in [0.3, 0.4) is 0 Å². The molecule has 4 amide bonds. The molecule has 2 N–H and O–H groups in total. The number of halogens is 1. The molecule has 4 aliphatic rings. The Morgan fingerprint density at radius 3 is 2.44 bits per heavy atom. The van der Waals surface area contributed by atoms with Crippen molar-refractivity contribution < 1.29 is 32.5 Å². The number of alkyl carbamates (subject to hydrolysis) is 1. The van der Waals surface area contributed by atoms with Crippen LogP contribution in [-0.4, -0.2) is 99.1 Å². The molecule has 0 aromatic heterocycles. The summed E-state index contributed by atoms with van der Waals surface area (Å²) >= 11 is 0. The molecule has 12 nitrogen and oxygen atoms in total. The maximum Gasteiger partial charge on any atom is 0.407 e. The summed E-state index contributed by atoms with van der Waals surface area (Å²) < 4.78 is 36.1. The van der Waals surface area contributed by atoms with Crippen molar-refractivity contribution in [3.63, 3.8) is 0 Å². The number of fused-ring (bicyclic) bond motifs is 1. The fourth-order valence-electron chi connectivity index (χ4n) is 6.77. The Balaban J connectivity index is 1.01. The molecule has 0 aliphatic carbocycles. The highest BCUT2D eigenvalue weighted by molar-refractivity contribution is 7.82. The average Bonchev–Trinajstić information content (AvgIpc) is 3.35. The molecule has 4 aliphatic heterocycles. The van der Waals surface area contributed by atoms with Gasteiger partial charge in [0.15, 0.2) is 0 Å². The number of nitrogens with one attached hydrogen (secondary N) is 2. The summed E-state index contributed by atoms with van der Waals surface area (Å²) in [6.45, 7) is 10.1. The fraction of sp³-hybridized carbons (Fsp3) is 0.529. The summed E-state index contributed by atoms with van der Waals surface area (Å²) in [5.41, 5.74) is 1.87. The number of piperidine rings is 2. The lowest BCUT2D eigenvalue weighted by atomic mass is 10.0. The Hall–Kier alpha value is -3.88. The summed E-state index contributed by atoms with van der Waals surface area (Å²) in [7, 11) is -1.32. The van der Waals surface area contributed by atoms with Gasteiger partial charge >= 0.3 is 6.09 Å². The third-order valence-corrected chi connectivity index (χ3v) is 10.7. The molecule has 2 atom stereocenters. The van der Waals surface area contributed by atoms with Crippen molar-refractivity contribution in [2.45, 2.75) is 82.1 Å². The van der Waals surface area contributed by atoms with Crippen molar-refractivity contribution in [1.82, 2.24) is 24.7 Å². The van der Waals surface area contributed by atoms with Crippen LogP contribution in [0.25, 0.3) is 0 Å². The zero-order chi connectivity index (χ0) is 34.2. The van der Waals surface area contributed by atoms with Gasteiger partial charge < -0.3 is 19.9 Å². The number of carbonyl (C=O) groups excluding carboxylic acids is 4. The minimum absolute atomic E-state index is 0.0154. The molecule has 258 valence electrons. The molecule has 3 fully saturated rings. The molecule has 2 aromatic carbocycles. The van der Waals surface area contributed by atoms with E-state index in [1.54, 1.807) is 6.07 Å². The van der Waals surface area contributed by atoms with Crippen molar-refractivity contribution in [2.75, 3.05) is 44.2 Å². The quantitative estimate of drug-likeness (QED) is 0.427. The van der Waals surface area contributed by atoms with E-state index < -0.39 is 46.4 Å². The van der Waals surface area contributed by atoms with Gasteiger partial charge in [0.2, 0.25) is 11.8 Å². The first-order valence-electron chi connectivity index (χ1n) is 16.5. The van der Waals surface area contributed by atoms with Crippen LogP contribution < -0.4 is 15.5 Å². The Bertz CT molecular complexity index is 1620. The molecule has 2 aromatic rings. The van der Waals surface area contributed by atoms with Crippen LogP contribution in [0, 0.1) is 5.82 Å². The van der Waals surface area contributed by atoms with E-state index in [0.717, 1.165) is 10.5 Å². The standard InChI is InChI=1S/C34H43FN6O6S/c1-34(2,3)47-33(45)36-24-9-11-40(12-10-24)48(46)25-6-4-5-22(17-25)20-38-13-15-39(16-14-38)29-18-23-21-41(32(44)26(23)19-27(29)35)28-7-8-30(42)37-31(28)43/h4-6,17-19,24,28H,7-16,20-21H2,1-3H3,(H,36,45)(H,37,42,43). The molecular weight excluding hydrogens is 639 g/mol. The smallest absolute Gasteiger partial charge is 0.407 e. The van der Waals surface area contributed by atoms with Crippen LogP contribution in [0.4, 0.5) is 14.9 Å². The number of benzene rings is 2. The largest absolute Gasteiger partial charge is 0.444 e. The van der Waals surface area contributed by atoms with Crippen molar-refractivity contribution in [3.8, 4) is 0 Å². The van der Waals surface area contributed by atoms with Crippen LogP contribution in [0.5, 0.6) is 0 Å². The number of carbonyl (C=O) groups is 4. The summed E-state index contributed by atoms with van der Waals surface area (Å²) in [5, 5.41) is 5.21. The zero-order valence-corrected chi connectivity index (χ0v) is 28.4. The van der Waals surface area contributed by atoms with Crippen molar-refractivity contribution in [2.24, 2.45) is 0 Å². The SMILES string of the molecule is CC(C)(C)OC(=O)NC1CCN(S(=O)c2cccc(CN3CCN(c4cc5c(cc4F)C(=O)N(C4CCC(=O)NC4=O)C5)CC3)c2)CC1. The number of nitrogens with zero attached hydrogens (tertiary/aromatic N) is 4. The first kappa shape index (κ1) is 34.0. The number of imide groups is 1. The van der Waals surface area contributed by atoms with Crippen molar-refractivity contribution >= 4 is 40.5 Å². The minimum atomic E-state index is -1.32. The van der Waals surface area contributed by atoms with E-state index >= 15 is 4.39 Å². The lowest BCUT2D eigenvalue weighted by Gasteiger charge is -2.36. The topological polar surface area (TPSA) is 132 Å². The van der Waals surface area contributed by atoms with Crippen molar-refractivity contribution in [3.05, 3.63) is 58.9 Å². The molecule has 48 heavy (non-hydrogen) atoms. The second-order valence-electron chi connectivity index (χ2n) is 13.9. The van der Waals surface area contributed by atoms with Gasteiger partial charge in [-0.05, 0) is 75.4 Å². The number of rotatable bonds is 7. The Morgan fingerprint density at radius 1 is 1.02 bits per heavy atom. The predicted molar refractivity (Wildman–Crippen MR) is 177 cm³/mol. The first-order valence-corrected chi connectivity index (χ1v) is 17.6. The maximum absolute atomic E-state index is 15.3. The number of amides is 4. The predicted octanol–water partition coefficient (Wildman–Crippen LogP) is 2.92. The number of piperazine rings is 1. The van der Waals surface area contributed by atoms with E-state index in [-0.39, 0.29) is 36.9 Å². The molecule has 2 unspecified atom stereocenters. The highest BCUT2D eigenvalue weighted by Crippen LogP contribution is 2.33. The number of hydrogen-bond donors (Lipinski definition) is 2. The second-order valence-corrected chi connectivity index (χ2v) is 15.4. The van der Waals surface area contributed by atoms with E-state index in [1.807, 2.05) is 54.2 Å². The van der Waals surface area contributed by atoms with Crippen LogP contribution in [0.15, 0.2) is 41.3 Å². The zero-order valence-electron chi connectivity index (χ0n) is 27.6. The monoisotopic (exact) mass is 682 g/mol. The molecule has 4 heterocycles. The molecule has 0 radical (unpaired) electrons. The highest BCUT2D eigenvalue weighted by atomic mass is 32.2. The van der Waals surface area contributed by atoms with Gasteiger partial charge in [0.05, 0.1) is 10.6 Å². The molecule has 0 bridgehead atoms. The maximum atomic E-state index is 15.3.